The number of halogens is 1. The fourth-order valence-electron chi connectivity index (χ4n) is 3.72. The molecule has 0 radical (unpaired) electrons. The number of carbonyl (C=O) groups excluding carboxylic acids is 2. The average molecular weight is 597 g/mol. The number of pyridine rings is 1. The monoisotopic (exact) mass is 597 g/mol. The van der Waals surface area contributed by atoms with Crippen LogP contribution in [0.1, 0.15) is 41.4 Å². The van der Waals surface area contributed by atoms with Gasteiger partial charge in [0.2, 0.25) is 5.91 Å². The van der Waals surface area contributed by atoms with Crippen molar-refractivity contribution in [1.29, 1.82) is 0 Å². The van der Waals surface area contributed by atoms with Crippen LogP contribution in [0.15, 0.2) is 54.7 Å². The average Bonchev–Trinajstić information content (AvgIpc) is 2.95. The number of anilines is 1. The van der Waals surface area contributed by atoms with Crippen molar-refractivity contribution in [3.63, 3.8) is 0 Å². The minimum absolute atomic E-state index is 0.0561. The van der Waals surface area contributed by atoms with Gasteiger partial charge in [-0.15, -0.1) is 0 Å². The van der Waals surface area contributed by atoms with E-state index in [0.29, 0.717) is 32.1 Å². The van der Waals surface area contributed by atoms with E-state index in [0.717, 1.165) is 0 Å². The molecule has 0 bridgehead atoms. The van der Waals surface area contributed by atoms with Gasteiger partial charge in [-0.1, -0.05) is 30.0 Å². The Morgan fingerprint density at radius 2 is 2.00 bits per heavy atom. The summed E-state index contributed by atoms with van der Waals surface area (Å²) in [7, 11) is 1.62. The number of rotatable bonds is 4. The maximum absolute atomic E-state index is 13.8. The molecule has 0 saturated carbocycles. The molecule has 36 heavy (non-hydrogen) atoms. The van der Waals surface area contributed by atoms with Crippen molar-refractivity contribution < 1.29 is 24.2 Å². The molecule has 0 aliphatic carbocycles. The quantitative estimate of drug-likeness (QED) is 0.349. The van der Waals surface area contributed by atoms with Gasteiger partial charge in [-0.05, 0) is 66.8 Å². The number of primary amides is 1. The van der Waals surface area contributed by atoms with E-state index in [1.54, 1.807) is 51.2 Å². The Morgan fingerprint density at radius 3 is 2.67 bits per heavy atom. The number of amides is 2. The first-order valence-corrected chi connectivity index (χ1v) is 12.1. The van der Waals surface area contributed by atoms with Gasteiger partial charge < -0.3 is 25.2 Å². The third-order valence-corrected chi connectivity index (χ3v) is 6.20. The highest BCUT2D eigenvalue weighted by molar-refractivity contribution is 14.1. The highest BCUT2D eigenvalue weighted by Gasteiger charge is 2.37. The van der Waals surface area contributed by atoms with Crippen molar-refractivity contribution in [2.45, 2.75) is 25.4 Å². The van der Waals surface area contributed by atoms with Crippen LogP contribution in [0.5, 0.6) is 17.2 Å². The molecule has 1 unspecified atom stereocenters. The minimum atomic E-state index is -1.16. The van der Waals surface area contributed by atoms with Gasteiger partial charge in [0.25, 0.3) is 5.91 Å². The van der Waals surface area contributed by atoms with Crippen LogP contribution in [0.3, 0.4) is 0 Å². The summed E-state index contributed by atoms with van der Waals surface area (Å²) < 4.78 is 12.8. The summed E-state index contributed by atoms with van der Waals surface area (Å²) in [5.74, 6) is 4.99. The molecule has 3 aromatic rings. The Labute approximate surface area is 222 Å². The molecular formula is C27H24IN3O5. The number of nitrogens with zero attached hydrogens (tertiary/aromatic N) is 2. The molecule has 1 aromatic heterocycles. The molecule has 1 aliphatic rings. The van der Waals surface area contributed by atoms with E-state index in [2.05, 4.69) is 16.8 Å². The molecule has 0 fully saturated rings. The van der Waals surface area contributed by atoms with Crippen LogP contribution in [0.2, 0.25) is 0 Å². The molecule has 2 heterocycles. The molecule has 4 rings (SSSR count). The van der Waals surface area contributed by atoms with E-state index in [4.69, 9.17) is 15.2 Å². The Morgan fingerprint density at radius 1 is 1.28 bits per heavy atom. The first-order chi connectivity index (χ1) is 17.0. The Balaban J connectivity index is 1.79. The summed E-state index contributed by atoms with van der Waals surface area (Å²) in [6.07, 6.45) is 1.48. The third-order valence-electron chi connectivity index (χ3n) is 5.44. The number of aliphatic hydroxyl groups is 1. The predicted molar refractivity (Wildman–Crippen MR) is 143 cm³/mol. The highest BCUT2D eigenvalue weighted by atomic mass is 127. The number of likely N-dealkylation sites (N-methyl/N-ethyl adjacent to an activating group) is 1. The number of aromatic nitrogens is 1. The van der Waals surface area contributed by atoms with Gasteiger partial charge in [0.05, 0.1) is 9.26 Å². The second-order valence-corrected chi connectivity index (χ2v) is 9.89. The molecule has 9 heteroatoms. The zero-order chi connectivity index (χ0) is 26.0. The maximum Gasteiger partial charge on any atom is 0.267 e. The van der Waals surface area contributed by atoms with Crippen molar-refractivity contribution in [3.05, 3.63) is 75.1 Å². The maximum atomic E-state index is 13.8. The summed E-state index contributed by atoms with van der Waals surface area (Å²) >= 11 is 2.05. The Bertz CT molecular complexity index is 1390. The molecule has 1 aliphatic heterocycles. The van der Waals surface area contributed by atoms with E-state index in [1.807, 2.05) is 40.8 Å². The number of benzene rings is 2. The molecule has 184 valence electrons. The van der Waals surface area contributed by atoms with Crippen molar-refractivity contribution in [2.75, 3.05) is 18.6 Å². The van der Waals surface area contributed by atoms with Gasteiger partial charge >= 0.3 is 0 Å². The first kappa shape index (κ1) is 25.5. The lowest BCUT2D eigenvalue weighted by atomic mass is 9.95. The smallest absolute Gasteiger partial charge is 0.267 e. The highest BCUT2D eigenvalue weighted by Crippen LogP contribution is 2.41. The van der Waals surface area contributed by atoms with Gasteiger partial charge in [0.15, 0.2) is 0 Å². The fraction of sp³-hybridized carbons (Fsp3) is 0.222. The largest absolute Gasteiger partial charge is 0.490 e. The van der Waals surface area contributed by atoms with Gasteiger partial charge in [0, 0.05) is 24.4 Å². The molecule has 1 atom stereocenters. The van der Waals surface area contributed by atoms with Gasteiger partial charge in [-0.3, -0.25) is 9.59 Å². The summed E-state index contributed by atoms with van der Waals surface area (Å²) in [5, 5.41) is 9.92. The van der Waals surface area contributed by atoms with Crippen molar-refractivity contribution in [1.82, 2.24) is 4.98 Å². The van der Waals surface area contributed by atoms with E-state index in [1.165, 1.54) is 11.1 Å². The standard InChI is InChI=1S/C27H24IN3O5/c1-27(2,34)12-11-16-9-10-21-20(13-16)31(3)26(33)18(15-35-21)22-23(25(29)32)30-14-19(28)24(22)36-17-7-5-4-6-8-17/h4-10,13-14,18,34H,15H2,1-3H3,(H2,29,32). The normalized spacial score (nSPS) is 15.2. The second kappa shape index (κ2) is 10.2. The summed E-state index contributed by atoms with van der Waals surface area (Å²) in [6, 6.07) is 14.2. The number of nitrogens with two attached hydrogens (primary N) is 1. The number of hydrogen-bond acceptors (Lipinski definition) is 6. The van der Waals surface area contributed by atoms with Crippen molar-refractivity contribution in [3.8, 4) is 29.1 Å². The third kappa shape index (κ3) is 5.45. The lowest BCUT2D eigenvalue weighted by molar-refractivity contribution is -0.120. The van der Waals surface area contributed by atoms with E-state index in [9.17, 15) is 14.7 Å². The van der Waals surface area contributed by atoms with Gasteiger partial charge in [-0.2, -0.15) is 0 Å². The lowest BCUT2D eigenvalue weighted by Gasteiger charge is -2.23. The van der Waals surface area contributed by atoms with Crippen LogP contribution < -0.4 is 20.1 Å². The number of carbonyl (C=O) groups is 2. The SMILES string of the molecule is CN1C(=O)C(c2c(C(N)=O)ncc(I)c2Oc2ccccc2)COc2ccc(C#CC(C)(C)O)cc21. The van der Waals surface area contributed by atoms with Crippen molar-refractivity contribution in [2.24, 2.45) is 5.73 Å². The first-order valence-electron chi connectivity index (χ1n) is 11.1. The minimum Gasteiger partial charge on any atom is -0.490 e. The van der Waals surface area contributed by atoms with E-state index >= 15 is 0 Å². The molecule has 0 saturated heterocycles. The number of ether oxygens (including phenoxy) is 2. The summed E-state index contributed by atoms with van der Waals surface area (Å²) in [4.78, 5) is 31.8. The van der Waals surface area contributed by atoms with Crippen LogP contribution in [-0.2, 0) is 4.79 Å². The molecule has 2 aromatic carbocycles. The van der Waals surface area contributed by atoms with Crippen LogP contribution >= 0.6 is 22.6 Å². The number of fused-ring (bicyclic) bond motifs is 1. The summed E-state index contributed by atoms with van der Waals surface area (Å²) in [6.45, 7) is 3.12. The van der Waals surface area contributed by atoms with Gasteiger partial charge in [0.1, 0.15) is 41.1 Å². The fourth-order valence-corrected chi connectivity index (χ4v) is 4.26. The van der Waals surface area contributed by atoms with Crippen LogP contribution in [-0.4, -0.2) is 41.2 Å². The zero-order valence-electron chi connectivity index (χ0n) is 19.9. The Kier molecular flexibility index (Phi) is 7.19. The summed E-state index contributed by atoms with van der Waals surface area (Å²) in [5.41, 5.74) is 5.84. The number of para-hydroxylation sites is 1. The van der Waals surface area contributed by atoms with E-state index < -0.39 is 17.4 Å². The topological polar surface area (TPSA) is 115 Å². The zero-order valence-corrected chi connectivity index (χ0v) is 22.1. The predicted octanol–water partition coefficient (Wildman–Crippen LogP) is 3.84. The molecule has 3 N–H and O–H groups in total. The van der Waals surface area contributed by atoms with Gasteiger partial charge in [-0.25, -0.2) is 4.98 Å². The van der Waals surface area contributed by atoms with Crippen LogP contribution in [0.25, 0.3) is 0 Å². The molecule has 8 nitrogen and oxygen atoms in total. The van der Waals surface area contributed by atoms with Crippen LogP contribution in [0, 0.1) is 15.4 Å². The molecule has 0 spiro atoms. The Hall–Kier alpha value is -3.62. The molecule has 2 amide bonds. The lowest BCUT2D eigenvalue weighted by Crippen LogP contribution is -2.34. The van der Waals surface area contributed by atoms with Crippen molar-refractivity contribution >= 4 is 40.1 Å². The molecular weight excluding hydrogens is 573 g/mol. The number of hydrogen-bond donors (Lipinski definition) is 2. The second-order valence-electron chi connectivity index (χ2n) is 8.73. The van der Waals surface area contributed by atoms with E-state index in [-0.39, 0.29) is 23.8 Å². The van der Waals surface area contributed by atoms with Crippen LogP contribution in [0.4, 0.5) is 5.69 Å².